The van der Waals surface area contributed by atoms with E-state index in [-0.39, 0.29) is 0 Å². The third-order valence-corrected chi connectivity index (χ3v) is 5.74. The van der Waals surface area contributed by atoms with E-state index in [0.717, 1.165) is 60.3 Å². The second kappa shape index (κ2) is 7.11. The lowest BCUT2D eigenvalue weighted by Crippen LogP contribution is -2.14. The van der Waals surface area contributed by atoms with Gasteiger partial charge in [-0.05, 0) is 84.5 Å². The summed E-state index contributed by atoms with van der Waals surface area (Å²) in [7, 11) is 0. The molecule has 0 aliphatic carbocycles. The number of fused-ring (bicyclic) bond motifs is 8. The van der Waals surface area contributed by atoms with Crippen molar-refractivity contribution in [2.24, 2.45) is 0 Å². The van der Waals surface area contributed by atoms with Crippen LogP contribution in [-0.4, -0.2) is 19.9 Å². The third-order valence-electron chi connectivity index (χ3n) is 5.48. The molecule has 1 aromatic carbocycles. The number of aromatic amines is 4. The van der Waals surface area contributed by atoms with Gasteiger partial charge in [-0.25, -0.2) is 0 Å². The Balaban J connectivity index is 1.66. The standard InChI is InChI=1S/C26H19ClN4/c27-17-3-1-16(2-4-17)26-24-11-9-22(30-24)14-20-7-5-18(28-20)13-19-6-8-21(29-19)15-23-10-12-25(26)31-23/h1-15,28-31H. The van der Waals surface area contributed by atoms with Crippen molar-refractivity contribution < 1.29 is 0 Å². The van der Waals surface area contributed by atoms with E-state index in [4.69, 9.17) is 11.6 Å². The quantitative estimate of drug-likeness (QED) is 0.315. The highest BCUT2D eigenvalue weighted by Gasteiger charge is 2.10. The minimum absolute atomic E-state index is 0.723. The van der Waals surface area contributed by atoms with Gasteiger partial charge in [0, 0.05) is 54.8 Å². The molecular weight excluding hydrogens is 404 g/mol. The normalized spacial score (nSPS) is 12.7. The van der Waals surface area contributed by atoms with Crippen LogP contribution < -0.4 is 21.4 Å². The Morgan fingerprint density at radius 2 is 1.06 bits per heavy atom. The Morgan fingerprint density at radius 1 is 0.484 bits per heavy atom. The van der Waals surface area contributed by atoms with Crippen molar-refractivity contribution in [3.05, 3.63) is 128 Å². The fraction of sp³-hybridized carbons (Fsp3) is 0. The van der Waals surface area contributed by atoms with Gasteiger partial charge in [-0.2, -0.15) is 0 Å². The van der Waals surface area contributed by atoms with Gasteiger partial charge in [0.15, 0.2) is 0 Å². The molecule has 0 radical (unpaired) electrons. The van der Waals surface area contributed by atoms with E-state index in [1.165, 1.54) is 0 Å². The number of halogens is 1. The zero-order valence-electron chi connectivity index (χ0n) is 16.5. The molecule has 31 heavy (non-hydrogen) atoms. The van der Waals surface area contributed by atoms with Gasteiger partial charge in [0.1, 0.15) is 0 Å². The van der Waals surface area contributed by atoms with Crippen LogP contribution in [-0.2, 0) is 0 Å². The van der Waals surface area contributed by atoms with E-state index in [9.17, 15) is 0 Å². The predicted octanol–water partition coefficient (Wildman–Crippen LogP) is 2.70. The molecule has 0 spiro atoms. The molecule has 5 heteroatoms. The van der Waals surface area contributed by atoms with Gasteiger partial charge in [0.2, 0.25) is 0 Å². The number of H-pyrrole nitrogens is 4. The molecule has 8 bridgehead atoms. The van der Waals surface area contributed by atoms with Crippen LogP contribution in [0, 0.1) is 0 Å². The monoisotopic (exact) mass is 422 g/mol. The second-order valence-electron chi connectivity index (χ2n) is 7.71. The van der Waals surface area contributed by atoms with Crippen molar-refractivity contribution in [1.29, 1.82) is 0 Å². The first-order chi connectivity index (χ1) is 15.2. The molecule has 1 aliphatic rings. The topological polar surface area (TPSA) is 63.2 Å². The summed E-state index contributed by atoms with van der Waals surface area (Å²) in [6.45, 7) is 0. The zero-order valence-corrected chi connectivity index (χ0v) is 17.3. The van der Waals surface area contributed by atoms with Crippen LogP contribution in [0.2, 0.25) is 5.02 Å². The summed E-state index contributed by atoms with van der Waals surface area (Å²) in [6.07, 6.45) is 6.33. The minimum atomic E-state index is 0.723. The van der Waals surface area contributed by atoms with Gasteiger partial charge >= 0.3 is 0 Å². The molecule has 4 N–H and O–H groups in total. The fourth-order valence-corrected chi connectivity index (χ4v) is 4.18. The lowest BCUT2D eigenvalue weighted by Gasteiger charge is -2.06. The molecule has 0 saturated carbocycles. The first-order valence-electron chi connectivity index (χ1n) is 10.1. The van der Waals surface area contributed by atoms with E-state index in [0.29, 0.717) is 0 Å². The van der Waals surface area contributed by atoms with Crippen molar-refractivity contribution in [3.63, 3.8) is 0 Å². The van der Waals surface area contributed by atoms with E-state index in [1.807, 2.05) is 12.1 Å². The first-order valence-corrected chi connectivity index (χ1v) is 10.5. The maximum atomic E-state index is 6.15. The van der Waals surface area contributed by atoms with E-state index < -0.39 is 0 Å². The van der Waals surface area contributed by atoms with Crippen LogP contribution in [0.15, 0.2) is 72.8 Å². The minimum Gasteiger partial charge on any atom is -0.355 e. The van der Waals surface area contributed by atoms with E-state index in [1.54, 1.807) is 0 Å². The number of nitrogens with one attached hydrogen (secondary N) is 4. The summed E-state index contributed by atoms with van der Waals surface area (Å²) >= 11 is 6.15. The van der Waals surface area contributed by atoms with Crippen LogP contribution in [0.3, 0.4) is 0 Å². The zero-order chi connectivity index (χ0) is 20.8. The summed E-state index contributed by atoms with van der Waals surface area (Å²) < 4.78 is 0. The summed E-state index contributed by atoms with van der Waals surface area (Å²) in [5.74, 6) is 0. The van der Waals surface area contributed by atoms with E-state index >= 15 is 0 Å². The van der Waals surface area contributed by atoms with Crippen molar-refractivity contribution in [2.75, 3.05) is 0 Å². The molecule has 4 aromatic heterocycles. The number of benzene rings is 1. The molecular formula is C26H19ClN4. The van der Waals surface area contributed by atoms with Crippen molar-refractivity contribution >= 4 is 35.4 Å². The van der Waals surface area contributed by atoms with E-state index in [2.05, 4.69) is 98.8 Å². The van der Waals surface area contributed by atoms with Gasteiger partial charge in [0.05, 0.1) is 0 Å². The average molecular weight is 423 g/mol. The Morgan fingerprint density at radius 3 is 1.77 bits per heavy atom. The van der Waals surface area contributed by atoms with Crippen molar-refractivity contribution in [2.45, 2.75) is 0 Å². The molecule has 6 rings (SSSR count). The summed E-state index contributed by atoms with van der Waals surface area (Å²) in [5.41, 5.74) is 6.34. The van der Waals surface area contributed by atoms with Crippen molar-refractivity contribution in [3.8, 4) is 0 Å². The van der Waals surface area contributed by atoms with Gasteiger partial charge in [-0.1, -0.05) is 23.7 Å². The number of aromatic nitrogens is 4. The predicted molar refractivity (Wildman–Crippen MR) is 125 cm³/mol. The Kier molecular flexibility index (Phi) is 4.11. The van der Waals surface area contributed by atoms with Crippen LogP contribution >= 0.6 is 11.6 Å². The highest BCUT2D eigenvalue weighted by atomic mass is 35.5. The lowest BCUT2D eigenvalue weighted by atomic mass is 10.0. The van der Waals surface area contributed by atoms with Crippen LogP contribution in [0.4, 0.5) is 0 Å². The molecule has 5 heterocycles. The summed E-state index contributed by atoms with van der Waals surface area (Å²) in [5, 5.41) is 4.88. The Labute approximate surface area is 182 Å². The summed E-state index contributed by atoms with van der Waals surface area (Å²) in [6, 6.07) is 24.7. The van der Waals surface area contributed by atoms with Gasteiger partial charge in [-0.3, -0.25) is 0 Å². The Hall–Kier alpha value is -3.89. The van der Waals surface area contributed by atoms with Crippen LogP contribution in [0.5, 0.6) is 0 Å². The number of rotatable bonds is 1. The van der Waals surface area contributed by atoms with Gasteiger partial charge in [0.25, 0.3) is 0 Å². The smallest absolute Gasteiger partial charge is 0.0485 e. The third kappa shape index (κ3) is 3.47. The highest BCUT2D eigenvalue weighted by molar-refractivity contribution is 6.30. The highest BCUT2D eigenvalue weighted by Crippen LogP contribution is 2.22. The molecule has 0 amide bonds. The van der Waals surface area contributed by atoms with Crippen molar-refractivity contribution in [1.82, 2.24) is 19.9 Å². The molecule has 150 valence electrons. The molecule has 0 atom stereocenters. The molecule has 1 aliphatic heterocycles. The molecule has 0 fully saturated rings. The summed E-state index contributed by atoms with van der Waals surface area (Å²) in [4.78, 5) is 14.0. The fourth-order valence-electron chi connectivity index (χ4n) is 4.06. The van der Waals surface area contributed by atoms with Crippen LogP contribution in [0.25, 0.3) is 23.8 Å². The number of hydrogen-bond donors (Lipinski definition) is 4. The van der Waals surface area contributed by atoms with Crippen LogP contribution in [0.1, 0.15) is 28.3 Å². The second-order valence-corrected chi connectivity index (χ2v) is 8.14. The van der Waals surface area contributed by atoms with Gasteiger partial charge in [-0.15, -0.1) is 0 Å². The number of hydrogen-bond acceptors (Lipinski definition) is 0. The largest absolute Gasteiger partial charge is 0.355 e. The average Bonchev–Trinajstić information content (AvgIpc) is 3.55. The molecule has 5 aromatic rings. The molecule has 0 unspecified atom stereocenters. The Bertz CT molecular complexity index is 1640. The SMILES string of the molecule is Clc1ccc(C2=c3ccc([nH]3)=Cc3ccc([nH]3)C=c3ccc([nH]3)=Cc3ccc2[nH]3)cc1. The maximum absolute atomic E-state index is 6.15. The van der Waals surface area contributed by atoms with Gasteiger partial charge < -0.3 is 19.9 Å². The molecule has 0 saturated heterocycles. The lowest BCUT2D eigenvalue weighted by molar-refractivity contribution is 1.22. The maximum Gasteiger partial charge on any atom is 0.0485 e. The molecule has 4 nitrogen and oxygen atoms in total. The first kappa shape index (κ1) is 17.9.